The van der Waals surface area contributed by atoms with Crippen molar-refractivity contribution in [1.29, 1.82) is 0 Å². The summed E-state index contributed by atoms with van der Waals surface area (Å²) in [5.74, 6) is -1.14. The van der Waals surface area contributed by atoms with E-state index in [1.54, 1.807) is 30.3 Å². The van der Waals surface area contributed by atoms with Crippen LogP contribution in [0, 0.1) is 5.82 Å². The molecule has 0 spiro atoms. The normalized spacial score (nSPS) is 10.3. The predicted molar refractivity (Wildman–Crippen MR) is 101 cm³/mol. The number of rotatable bonds is 5. The van der Waals surface area contributed by atoms with E-state index in [4.69, 9.17) is 10.5 Å². The first-order chi connectivity index (χ1) is 12.9. The van der Waals surface area contributed by atoms with Crippen LogP contribution in [0.4, 0.5) is 10.1 Å². The zero-order valence-electron chi connectivity index (χ0n) is 13.8. The molecule has 0 radical (unpaired) electrons. The Morgan fingerprint density at radius 2 is 1.93 bits per heavy atom. The number of aromatic nitrogens is 1. The highest BCUT2D eigenvalue weighted by atomic mass is 79.9. The van der Waals surface area contributed by atoms with E-state index in [9.17, 15) is 14.0 Å². The number of nitrogens with one attached hydrogen (secondary N) is 1. The Bertz CT molecular complexity index is 1010. The molecular formula is C19H13BrFN3O3. The number of amides is 2. The lowest BCUT2D eigenvalue weighted by atomic mass is 10.2. The van der Waals surface area contributed by atoms with Crippen LogP contribution in [0.15, 0.2) is 65.3 Å². The van der Waals surface area contributed by atoms with Crippen molar-refractivity contribution < 1.29 is 18.7 Å². The van der Waals surface area contributed by atoms with Crippen molar-refractivity contribution in [1.82, 2.24) is 4.98 Å². The number of primary amides is 1. The molecule has 0 fully saturated rings. The minimum absolute atomic E-state index is 0.0817. The lowest BCUT2D eigenvalue weighted by Gasteiger charge is -2.08. The van der Waals surface area contributed by atoms with E-state index in [2.05, 4.69) is 26.2 Å². The molecule has 2 aromatic carbocycles. The minimum Gasteiger partial charge on any atom is -0.439 e. The summed E-state index contributed by atoms with van der Waals surface area (Å²) in [7, 11) is 0. The molecule has 0 aliphatic rings. The third-order valence-electron chi connectivity index (χ3n) is 3.51. The van der Waals surface area contributed by atoms with Gasteiger partial charge in [0.25, 0.3) is 5.91 Å². The first kappa shape index (κ1) is 18.5. The standard InChI is InChI=1S/C19H13BrFN3O3/c20-12-4-6-15(16(21)9-12)19(26)24-13-5-7-17(23-10-13)27-14-3-1-2-11(8-14)18(22)25/h1-10H,(H2,22,25)(H,24,26). The molecule has 0 unspecified atom stereocenters. The van der Waals surface area contributed by atoms with E-state index >= 15 is 0 Å². The number of carbonyl (C=O) groups is 2. The number of benzene rings is 2. The Kier molecular flexibility index (Phi) is 5.46. The van der Waals surface area contributed by atoms with E-state index in [0.717, 1.165) is 0 Å². The monoisotopic (exact) mass is 429 g/mol. The third kappa shape index (κ3) is 4.68. The number of hydrogen-bond donors (Lipinski definition) is 2. The van der Waals surface area contributed by atoms with Gasteiger partial charge in [-0.3, -0.25) is 9.59 Å². The van der Waals surface area contributed by atoms with Gasteiger partial charge in [-0.15, -0.1) is 0 Å². The summed E-state index contributed by atoms with van der Waals surface area (Å²) in [6.07, 6.45) is 1.38. The van der Waals surface area contributed by atoms with Gasteiger partial charge in [0, 0.05) is 16.1 Å². The molecule has 3 N–H and O–H groups in total. The van der Waals surface area contributed by atoms with Crippen molar-refractivity contribution in [3.63, 3.8) is 0 Å². The summed E-state index contributed by atoms with van der Waals surface area (Å²) in [6, 6.07) is 13.6. The van der Waals surface area contributed by atoms with Gasteiger partial charge in [0.15, 0.2) is 0 Å². The number of carbonyl (C=O) groups excluding carboxylic acids is 2. The molecular weight excluding hydrogens is 417 g/mol. The van der Waals surface area contributed by atoms with E-state index in [0.29, 0.717) is 21.5 Å². The Morgan fingerprint density at radius 3 is 2.59 bits per heavy atom. The SMILES string of the molecule is NC(=O)c1cccc(Oc2ccc(NC(=O)c3ccc(Br)cc3F)cn2)c1. The van der Waals surface area contributed by atoms with Gasteiger partial charge in [-0.05, 0) is 42.5 Å². The Morgan fingerprint density at radius 1 is 1.11 bits per heavy atom. The molecule has 0 saturated carbocycles. The van der Waals surface area contributed by atoms with Gasteiger partial charge in [0.1, 0.15) is 11.6 Å². The van der Waals surface area contributed by atoms with Gasteiger partial charge >= 0.3 is 0 Å². The highest BCUT2D eigenvalue weighted by Crippen LogP contribution is 2.22. The van der Waals surface area contributed by atoms with Gasteiger partial charge in [0.2, 0.25) is 11.8 Å². The third-order valence-corrected chi connectivity index (χ3v) is 4.00. The van der Waals surface area contributed by atoms with Crippen LogP contribution in [0.2, 0.25) is 0 Å². The summed E-state index contributed by atoms with van der Waals surface area (Å²) in [6.45, 7) is 0. The summed E-state index contributed by atoms with van der Waals surface area (Å²) in [4.78, 5) is 27.4. The van der Waals surface area contributed by atoms with Gasteiger partial charge in [-0.2, -0.15) is 0 Å². The summed E-state index contributed by atoms with van der Waals surface area (Å²) < 4.78 is 19.9. The fourth-order valence-electron chi connectivity index (χ4n) is 2.22. The first-order valence-electron chi connectivity index (χ1n) is 7.72. The zero-order valence-corrected chi connectivity index (χ0v) is 15.4. The number of nitrogens with zero attached hydrogens (tertiary/aromatic N) is 1. The maximum atomic E-state index is 13.8. The number of anilines is 1. The summed E-state index contributed by atoms with van der Waals surface area (Å²) in [5, 5.41) is 2.56. The van der Waals surface area contributed by atoms with Crippen LogP contribution in [0.1, 0.15) is 20.7 Å². The Labute approximate surface area is 162 Å². The molecule has 2 amide bonds. The van der Waals surface area contributed by atoms with Crippen LogP contribution < -0.4 is 15.8 Å². The zero-order chi connectivity index (χ0) is 19.4. The van der Waals surface area contributed by atoms with Crippen LogP contribution in [0.5, 0.6) is 11.6 Å². The molecule has 3 aromatic rings. The van der Waals surface area contributed by atoms with Crippen molar-refractivity contribution in [2.24, 2.45) is 5.73 Å². The predicted octanol–water partition coefficient (Wildman–Crippen LogP) is 4.13. The summed E-state index contributed by atoms with van der Waals surface area (Å²) >= 11 is 3.14. The van der Waals surface area contributed by atoms with Crippen molar-refractivity contribution >= 4 is 33.4 Å². The number of nitrogens with two attached hydrogens (primary N) is 1. The van der Waals surface area contributed by atoms with Gasteiger partial charge in [-0.1, -0.05) is 22.0 Å². The number of halogens is 2. The second-order valence-electron chi connectivity index (χ2n) is 5.46. The molecule has 1 aromatic heterocycles. The fourth-order valence-corrected chi connectivity index (χ4v) is 2.55. The molecule has 0 atom stereocenters. The maximum absolute atomic E-state index is 13.8. The lowest BCUT2D eigenvalue weighted by Crippen LogP contribution is -2.13. The highest BCUT2D eigenvalue weighted by Gasteiger charge is 2.12. The van der Waals surface area contributed by atoms with Crippen LogP contribution >= 0.6 is 15.9 Å². The average molecular weight is 430 g/mol. The highest BCUT2D eigenvalue weighted by molar-refractivity contribution is 9.10. The fraction of sp³-hybridized carbons (Fsp3) is 0. The summed E-state index contributed by atoms with van der Waals surface area (Å²) in [5.41, 5.74) is 5.84. The molecule has 136 valence electrons. The molecule has 0 saturated heterocycles. The van der Waals surface area contributed by atoms with Crippen LogP contribution in [0.25, 0.3) is 0 Å². The Balaban J connectivity index is 1.69. The van der Waals surface area contributed by atoms with Gasteiger partial charge in [0.05, 0.1) is 17.4 Å². The van der Waals surface area contributed by atoms with E-state index < -0.39 is 17.6 Å². The van der Waals surface area contributed by atoms with Crippen LogP contribution in [-0.2, 0) is 0 Å². The second kappa shape index (κ2) is 7.96. The topological polar surface area (TPSA) is 94.3 Å². The van der Waals surface area contributed by atoms with Crippen molar-refractivity contribution in [2.45, 2.75) is 0 Å². The molecule has 0 aliphatic heterocycles. The Hall–Kier alpha value is -3.26. The van der Waals surface area contributed by atoms with Gasteiger partial charge in [-0.25, -0.2) is 9.37 Å². The number of pyridine rings is 1. The second-order valence-corrected chi connectivity index (χ2v) is 6.37. The quantitative estimate of drug-likeness (QED) is 0.637. The van der Waals surface area contributed by atoms with Crippen LogP contribution in [-0.4, -0.2) is 16.8 Å². The number of ether oxygens (including phenoxy) is 1. The molecule has 6 nitrogen and oxygen atoms in total. The van der Waals surface area contributed by atoms with E-state index in [-0.39, 0.29) is 11.4 Å². The minimum atomic E-state index is -0.635. The lowest BCUT2D eigenvalue weighted by molar-refractivity contribution is 0.0997. The molecule has 0 bridgehead atoms. The van der Waals surface area contributed by atoms with Crippen molar-refractivity contribution in [2.75, 3.05) is 5.32 Å². The largest absolute Gasteiger partial charge is 0.439 e. The van der Waals surface area contributed by atoms with Gasteiger partial charge < -0.3 is 15.8 Å². The molecule has 3 rings (SSSR count). The smallest absolute Gasteiger partial charge is 0.258 e. The maximum Gasteiger partial charge on any atom is 0.258 e. The number of hydrogen-bond acceptors (Lipinski definition) is 4. The van der Waals surface area contributed by atoms with Crippen molar-refractivity contribution in [3.8, 4) is 11.6 Å². The molecule has 0 aliphatic carbocycles. The van der Waals surface area contributed by atoms with Crippen molar-refractivity contribution in [3.05, 3.63) is 82.2 Å². The average Bonchev–Trinajstić information content (AvgIpc) is 2.63. The van der Waals surface area contributed by atoms with Crippen LogP contribution in [0.3, 0.4) is 0 Å². The molecule has 27 heavy (non-hydrogen) atoms. The molecule has 8 heteroatoms. The van der Waals surface area contributed by atoms with E-state index in [1.165, 1.54) is 30.5 Å². The first-order valence-corrected chi connectivity index (χ1v) is 8.52. The van der Waals surface area contributed by atoms with E-state index in [1.807, 2.05) is 0 Å². The molecule has 1 heterocycles.